The van der Waals surface area contributed by atoms with Crippen LogP contribution in [0, 0.1) is 13.8 Å². The third kappa shape index (κ3) is 4.06. The first-order valence-corrected chi connectivity index (χ1v) is 10.0. The van der Waals surface area contributed by atoms with Gasteiger partial charge >= 0.3 is 0 Å². The van der Waals surface area contributed by atoms with E-state index in [1.807, 2.05) is 41.2 Å². The largest absolute Gasteiger partial charge is 0.354 e. The summed E-state index contributed by atoms with van der Waals surface area (Å²) in [5.74, 6) is 1.36. The summed E-state index contributed by atoms with van der Waals surface area (Å²) in [7, 11) is 0. The highest BCUT2D eigenvalue weighted by molar-refractivity contribution is 5.90. The zero-order valence-corrected chi connectivity index (χ0v) is 17.1. The van der Waals surface area contributed by atoms with E-state index in [1.54, 1.807) is 0 Å². The topological polar surface area (TPSA) is 67.7 Å². The van der Waals surface area contributed by atoms with Crippen LogP contribution in [0.25, 0.3) is 16.7 Å². The van der Waals surface area contributed by atoms with Gasteiger partial charge in [-0.2, -0.15) is 15.1 Å². The highest BCUT2D eigenvalue weighted by atomic mass is 15.3. The molecule has 6 heteroatoms. The Labute approximate surface area is 171 Å². The van der Waals surface area contributed by atoms with Crippen molar-refractivity contribution < 1.29 is 0 Å². The number of anilines is 3. The van der Waals surface area contributed by atoms with Crippen molar-refractivity contribution in [1.82, 2.24) is 19.7 Å². The van der Waals surface area contributed by atoms with Crippen molar-refractivity contribution >= 4 is 28.5 Å². The fourth-order valence-corrected chi connectivity index (χ4v) is 3.17. The van der Waals surface area contributed by atoms with Crippen LogP contribution in [0.5, 0.6) is 0 Å². The predicted molar refractivity (Wildman–Crippen MR) is 119 cm³/mol. The summed E-state index contributed by atoms with van der Waals surface area (Å²) in [6.45, 7) is 7.23. The van der Waals surface area contributed by atoms with Gasteiger partial charge in [0, 0.05) is 12.2 Å². The molecular weight excluding hydrogens is 360 g/mol. The van der Waals surface area contributed by atoms with Crippen LogP contribution in [0.4, 0.5) is 17.5 Å². The molecule has 0 unspecified atom stereocenters. The standard InChI is InChI=1S/C23H26N6/c1-4-5-13-24-23-27-21(26-18-12-11-16(2)17(3)14-18)20-15-25-29(22(20)28-23)19-9-7-6-8-10-19/h6-12,14-15H,4-5,13H2,1-3H3,(H2,24,26,27,28). The molecule has 0 aliphatic carbocycles. The molecule has 4 aromatic rings. The van der Waals surface area contributed by atoms with Gasteiger partial charge in [-0.05, 0) is 55.7 Å². The third-order valence-electron chi connectivity index (χ3n) is 5.01. The van der Waals surface area contributed by atoms with E-state index in [4.69, 9.17) is 9.97 Å². The molecule has 0 amide bonds. The maximum absolute atomic E-state index is 4.76. The van der Waals surface area contributed by atoms with E-state index < -0.39 is 0 Å². The normalized spacial score (nSPS) is 11.0. The summed E-state index contributed by atoms with van der Waals surface area (Å²) in [5.41, 5.74) is 5.25. The Balaban J connectivity index is 1.78. The van der Waals surface area contributed by atoms with Crippen molar-refractivity contribution in [2.24, 2.45) is 0 Å². The molecule has 6 nitrogen and oxygen atoms in total. The lowest BCUT2D eigenvalue weighted by Crippen LogP contribution is -2.08. The lowest BCUT2D eigenvalue weighted by Gasteiger charge is -2.12. The minimum absolute atomic E-state index is 0.606. The molecule has 0 spiro atoms. The van der Waals surface area contributed by atoms with Gasteiger partial charge in [-0.15, -0.1) is 0 Å². The van der Waals surface area contributed by atoms with Crippen LogP contribution in [0.2, 0.25) is 0 Å². The quantitative estimate of drug-likeness (QED) is 0.417. The summed E-state index contributed by atoms with van der Waals surface area (Å²) in [5, 5.41) is 12.3. The van der Waals surface area contributed by atoms with Gasteiger partial charge in [0.25, 0.3) is 0 Å². The molecule has 0 fully saturated rings. The molecule has 0 aliphatic rings. The van der Waals surface area contributed by atoms with Gasteiger partial charge in [0.15, 0.2) is 5.65 Å². The average molecular weight is 387 g/mol. The van der Waals surface area contributed by atoms with Crippen molar-refractivity contribution in [2.75, 3.05) is 17.2 Å². The van der Waals surface area contributed by atoms with Crippen LogP contribution in [0.3, 0.4) is 0 Å². The van der Waals surface area contributed by atoms with E-state index in [-0.39, 0.29) is 0 Å². The second kappa shape index (κ2) is 8.31. The fraction of sp³-hybridized carbons (Fsp3) is 0.261. The molecule has 0 bridgehead atoms. The van der Waals surface area contributed by atoms with E-state index in [0.29, 0.717) is 5.95 Å². The highest BCUT2D eigenvalue weighted by Gasteiger charge is 2.14. The molecule has 4 rings (SSSR count). The second-order valence-electron chi connectivity index (χ2n) is 7.23. The lowest BCUT2D eigenvalue weighted by molar-refractivity contribution is 0.826. The minimum atomic E-state index is 0.606. The number of nitrogens with zero attached hydrogens (tertiary/aromatic N) is 4. The lowest BCUT2D eigenvalue weighted by atomic mass is 10.1. The SMILES string of the molecule is CCCCNc1nc(Nc2ccc(C)c(C)c2)c2cnn(-c3ccccc3)c2n1. The van der Waals surface area contributed by atoms with Crippen LogP contribution in [-0.2, 0) is 0 Å². The van der Waals surface area contributed by atoms with Gasteiger partial charge in [-0.3, -0.25) is 0 Å². The van der Waals surface area contributed by atoms with Crippen molar-refractivity contribution in [3.63, 3.8) is 0 Å². The molecule has 2 aromatic carbocycles. The average Bonchev–Trinajstić information content (AvgIpc) is 3.16. The molecule has 0 aliphatic heterocycles. The maximum Gasteiger partial charge on any atom is 0.226 e. The van der Waals surface area contributed by atoms with Crippen molar-refractivity contribution in [2.45, 2.75) is 33.6 Å². The maximum atomic E-state index is 4.76. The highest BCUT2D eigenvalue weighted by Crippen LogP contribution is 2.27. The van der Waals surface area contributed by atoms with Gasteiger partial charge in [0.1, 0.15) is 5.82 Å². The number of rotatable bonds is 7. The van der Waals surface area contributed by atoms with E-state index in [1.165, 1.54) is 11.1 Å². The fourth-order valence-electron chi connectivity index (χ4n) is 3.17. The van der Waals surface area contributed by atoms with Crippen LogP contribution in [0.15, 0.2) is 54.7 Å². The number of hydrogen-bond acceptors (Lipinski definition) is 5. The first-order valence-electron chi connectivity index (χ1n) is 10.0. The number of para-hydroxylation sites is 1. The van der Waals surface area contributed by atoms with Crippen molar-refractivity contribution in [1.29, 1.82) is 0 Å². The molecule has 0 saturated heterocycles. The molecule has 0 saturated carbocycles. The Morgan fingerprint density at radius 1 is 0.966 bits per heavy atom. The Morgan fingerprint density at radius 3 is 2.55 bits per heavy atom. The van der Waals surface area contributed by atoms with Crippen LogP contribution < -0.4 is 10.6 Å². The number of hydrogen-bond donors (Lipinski definition) is 2. The molecule has 148 valence electrons. The second-order valence-corrected chi connectivity index (χ2v) is 7.23. The monoisotopic (exact) mass is 386 g/mol. The van der Waals surface area contributed by atoms with Gasteiger partial charge < -0.3 is 10.6 Å². The summed E-state index contributed by atoms with van der Waals surface area (Å²) in [4.78, 5) is 9.50. The van der Waals surface area contributed by atoms with Crippen LogP contribution >= 0.6 is 0 Å². The number of fused-ring (bicyclic) bond motifs is 1. The van der Waals surface area contributed by atoms with Gasteiger partial charge in [-0.25, -0.2) is 4.68 Å². The van der Waals surface area contributed by atoms with Crippen LogP contribution in [-0.4, -0.2) is 26.3 Å². The van der Waals surface area contributed by atoms with Gasteiger partial charge in [0.05, 0.1) is 17.3 Å². The Bertz CT molecular complexity index is 1120. The molecule has 29 heavy (non-hydrogen) atoms. The molecule has 0 radical (unpaired) electrons. The molecule has 2 aromatic heterocycles. The first kappa shape index (κ1) is 18.9. The number of aryl methyl sites for hydroxylation is 2. The Morgan fingerprint density at radius 2 is 1.79 bits per heavy atom. The Kier molecular flexibility index (Phi) is 5.42. The zero-order valence-electron chi connectivity index (χ0n) is 17.1. The predicted octanol–water partition coefficient (Wildman–Crippen LogP) is 5.39. The van der Waals surface area contributed by atoms with E-state index in [0.717, 1.165) is 47.6 Å². The van der Waals surface area contributed by atoms with Crippen molar-refractivity contribution in [3.05, 3.63) is 65.9 Å². The van der Waals surface area contributed by atoms with Crippen molar-refractivity contribution in [3.8, 4) is 5.69 Å². The van der Waals surface area contributed by atoms with E-state index >= 15 is 0 Å². The summed E-state index contributed by atoms with van der Waals surface area (Å²) >= 11 is 0. The summed E-state index contributed by atoms with van der Waals surface area (Å²) < 4.78 is 1.85. The van der Waals surface area contributed by atoms with Gasteiger partial charge in [0.2, 0.25) is 5.95 Å². The molecule has 2 N–H and O–H groups in total. The van der Waals surface area contributed by atoms with E-state index in [9.17, 15) is 0 Å². The first-order chi connectivity index (χ1) is 14.2. The minimum Gasteiger partial charge on any atom is -0.354 e. The Hall–Kier alpha value is -3.41. The summed E-state index contributed by atoms with van der Waals surface area (Å²) in [6, 6.07) is 16.4. The number of unbranched alkanes of at least 4 members (excludes halogenated alkanes) is 1. The third-order valence-corrected chi connectivity index (χ3v) is 5.01. The number of nitrogens with one attached hydrogen (secondary N) is 2. The molecule has 2 heterocycles. The smallest absolute Gasteiger partial charge is 0.226 e. The van der Waals surface area contributed by atoms with Gasteiger partial charge in [-0.1, -0.05) is 37.6 Å². The number of aromatic nitrogens is 4. The summed E-state index contributed by atoms with van der Waals surface area (Å²) in [6.07, 6.45) is 4.01. The van der Waals surface area contributed by atoms with Crippen LogP contribution in [0.1, 0.15) is 30.9 Å². The van der Waals surface area contributed by atoms with E-state index in [2.05, 4.69) is 54.7 Å². The molecule has 0 atom stereocenters. The zero-order chi connectivity index (χ0) is 20.2. The number of benzene rings is 2. The molecular formula is C23H26N6.